The zero-order chi connectivity index (χ0) is 21.2. The molecule has 1 saturated carbocycles. The molecule has 2 atom stereocenters. The molecular weight excluding hydrogens is 422 g/mol. The van der Waals surface area contributed by atoms with Crippen LogP contribution in [0, 0.1) is 23.0 Å². The number of halogens is 3. The zero-order valence-corrected chi connectivity index (χ0v) is 17.4. The van der Waals surface area contributed by atoms with Crippen LogP contribution in [0.5, 0.6) is 5.75 Å². The Morgan fingerprint density at radius 3 is 2.34 bits per heavy atom. The van der Waals surface area contributed by atoms with Gasteiger partial charge in [0.25, 0.3) is 0 Å². The lowest BCUT2D eigenvalue weighted by Crippen LogP contribution is -2.59. The van der Waals surface area contributed by atoms with Crippen molar-refractivity contribution in [2.75, 3.05) is 6.61 Å². The fourth-order valence-corrected chi connectivity index (χ4v) is 7.34. The first-order chi connectivity index (χ1) is 13.5. The molecule has 4 rings (SSSR count). The molecule has 29 heavy (non-hydrogen) atoms. The Morgan fingerprint density at radius 1 is 1.07 bits per heavy atom. The van der Waals surface area contributed by atoms with Gasteiger partial charge in [0.05, 0.1) is 17.1 Å². The zero-order valence-electron chi connectivity index (χ0n) is 15.8. The van der Waals surface area contributed by atoms with E-state index < -0.39 is 43.3 Å². The Morgan fingerprint density at radius 2 is 1.69 bits per heavy atom. The molecule has 1 fully saturated rings. The van der Waals surface area contributed by atoms with E-state index in [1.54, 1.807) is 13.8 Å². The van der Waals surface area contributed by atoms with E-state index in [1.165, 1.54) is 24.3 Å². The summed E-state index contributed by atoms with van der Waals surface area (Å²) < 4.78 is 61.3. The van der Waals surface area contributed by atoms with Crippen LogP contribution in [-0.4, -0.2) is 20.8 Å². The summed E-state index contributed by atoms with van der Waals surface area (Å²) in [7, 11) is -4.25. The third-order valence-electron chi connectivity index (χ3n) is 6.36. The largest absolute Gasteiger partial charge is 0.490 e. The highest BCUT2D eigenvalue weighted by Gasteiger charge is 2.65. The molecule has 0 bridgehead atoms. The standard InChI is InChI=1S/C21H19ClF2O4S/c1-20(2)16-11-28-19-15(24)8-7-14(23)18(19)21(16,10-9-17(20)25)29(26,27)13-5-3-12(22)4-6-13/h3-8,16H,9-11H2,1-2H3/t16-,21-/m1/s1. The fourth-order valence-electron chi connectivity index (χ4n) is 4.73. The molecule has 0 radical (unpaired) electrons. The topological polar surface area (TPSA) is 60.4 Å². The van der Waals surface area contributed by atoms with Crippen molar-refractivity contribution in [3.63, 3.8) is 0 Å². The van der Waals surface area contributed by atoms with E-state index in [1.807, 2.05) is 0 Å². The molecule has 1 aliphatic heterocycles. The van der Waals surface area contributed by atoms with E-state index in [2.05, 4.69) is 0 Å². The molecule has 0 amide bonds. The van der Waals surface area contributed by atoms with Crippen molar-refractivity contribution in [1.29, 1.82) is 0 Å². The molecule has 154 valence electrons. The van der Waals surface area contributed by atoms with Crippen molar-refractivity contribution >= 4 is 27.2 Å². The van der Waals surface area contributed by atoms with Gasteiger partial charge >= 0.3 is 0 Å². The van der Waals surface area contributed by atoms with Crippen molar-refractivity contribution in [2.24, 2.45) is 11.3 Å². The second-order valence-electron chi connectivity index (χ2n) is 8.09. The van der Waals surface area contributed by atoms with Crippen LogP contribution < -0.4 is 4.74 Å². The second-order valence-corrected chi connectivity index (χ2v) is 10.7. The van der Waals surface area contributed by atoms with Crippen molar-refractivity contribution < 1.29 is 26.7 Å². The number of Topliss-reactive ketones (excluding diaryl/α,β-unsaturated/α-hetero) is 1. The Labute approximate surface area is 172 Å². The molecule has 1 aliphatic carbocycles. The SMILES string of the molecule is CC1(C)C(=O)CC[C@]2(S(=O)(=O)c3ccc(Cl)cc3)c3c(F)ccc(F)c3OC[C@H]12. The number of fused-ring (bicyclic) bond motifs is 3. The van der Waals surface area contributed by atoms with Gasteiger partial charge < -0.3 is 4.74 Å². The third-order valence-corrected chi connectivity index (χ3v) is 9.15. The van der Waals surface area contributed by atoms with Gasteiger partial charge in [-0.1, -0.05) is 25.4 Å². The molecule has 0 saturated heterocycles. The average molecular weight is 441 g/mol. The van der Waals surface area contributed by atoms with Gasteiger partial charge in [-0.25, -0.2) is 17.2 Å². The number of carbonyl (C=O) groups is 1. The molecule has 0 N–H and O–H groups in total. The smallest absolute Gasteiger partial charge is 0.188 e. The normalized spacial score (nSPS) is 25.7. The number of benzene rings is 2. The minimum Gasteiger partial charge on any atom is -0.490 e. The highest BCUT2D eigenvalue weighted by Crippen LogP contribution is 2.60. The van der Waals surface area contributed by atoms with Crippen molar-refractivity contribution in [3.05, 3.63) is 58.6 Å². The summed E-state index contributed by atoms with van der Waals surface area (Å²) in [4.78, 5) is 12.6. The summed E-state index contributed by atoms with van der Waals surface area (Å²) in [5, 5.41) is 0.349. The van der Waals surface area contributed by atoms with Crippen LogP contribution >= 0.6 is 11.6 Å². The minimum atomic E-state index is -4.25. The van der Waals surface area contributed by atoms with Crippen LogP contribution in [0.4, 0.5) is 8.78 Å². The first-order valence-corrected chi connectivity index (χ1v) is 11.0. The number of sulfone groups is 1. The maximum absolute atomic E-state index is 15.1. The highest BCUT2D eigenvalue weighted by atomic mass is 35.5. The van der Waals surface area contributed by atoms with Gasteiger partial charge in [-0.3, -0.25) is 4.79 Å². The summed E-state index contributed by atoms with van der Waals surface area (Å²) in [5.41, 5.74) is -1.43. The van der Waals surface area contributed by atoms with Gasteiger partial charge in [-0.15, -0.1) is 0 Å². The molecule has 1 heterocycles. The summed E-state index contributed by atoms with van der Waals surface area (Å²) in [6.07, 6.45) is -0.215. The lowest BCUT2D eigenvalue weighted by Gasteiger charge is -2.53. The Bertz CT molecular complexity index is 1110. The maximum atomic E-state index is 15.1. The summed E-state index contributed by atoms with van der Waals surface area (Å²) in [5.74, 6) is -3.12. The molecule has 4 nitrogen and oxygen atoms in total. The van der Waals surface area contributed by atoms with Crippen LogP contribution in [0.1, 0.15) is 32.3 Å². The average Bonchev–Trinajstić information content (AvgIpc) is 2.67. The first-order valence-electron chi connectivity index (χ1n) is 9.18. The molecule has 2 aliphatic rings. The fraction of sp³-hybridized carbons (Fsp3) is 0.381. The van der Waals surface area contributed by atoms with Crippen LogP contribution in [0.25, 0.3) is 0 Å². The van der Waals surface area contributed by atoms with Crippen LogP contribution in [0.2, 0.25) is 5.02 Å². The van der Waals surface area contributed by atoms with Crippen molar-refractivity contribution in [3.8, 4) is 5.75 Å². The molecular formula is C21H19ClF2O4S. The molecule has 8 heteroatoms. The predicted molar refractivity (Wildman–Crippen MR) is 104 cm³/mol. The minimum absolute atomic E-state index is 0.0615. The Balaban J connectivity index is 2.09. The number of hydrogen-bond donors (Lipinski definition) is 0. The monoisotopic (exact) mass is 440 g/mol. The molecule has 2 aromatic rings. The quantitative estimate of drug-likeness (QED) is 0.680. The number of ether oxygens (including phenoxy) is 1. The van der Waals surface area contributed by atoms with Gasteiger partial charge in [0.2, 0.25) is 0 Å². The van der Waals surface area contributed by atoms with Crippen LogP contribution in [0.15, 0.2) is 41.3 Å². The highest BCUT2D eigenvalue weighted by molar-refractivity contribution is 7.92. The maximum Gasteiger partial charge on any atom is 0.188 e. The summed E-state index contributed by atoms with van der Waals surface area (Å²) in [6, 6.07) is 7.37. The van der Waals surface area contributed by atoms with Crippen LogP contribution in [-0.2, 0) is 19.4 Å². The summed E-state index contributed by atoms with van der Waals surface area (Å²) >= 11 is 5.91. The third kappa shape index (κ3) is 2.66. The van der Waals surface area contributed by atoms with E-state index in [-0.39, 0.29) is 35.7 Å². The second kappa shape index (κ2) is 6.51. The van der Waals surface area contributed by atoms with E-state index in [0.29, 0.717) is 5.02 Å². The summed E-state index contributed by atoms with van der Waals surface area (Å²) in [6.45, 7) is 3.06. The van der Waals surface area contributed by atoms with E-state index in [4.69, 9.17) is 16.3 Å². The molecule has 0 aromatic heterocycles. The Hall–Kier alpha value is -1.99. The molecule has 2 aromatic carbocycles. The van der Waals surface area contributed by atoms with Gasteiger partial charge in [-0.2, -0.15) is 0 Å². The predicted octanol–water partition coefficient (Wildman–Crippen LogP) is 4.69. The molecule has 0 unspecified atom stereocenters. The van der Waals surface area contributed by atoms with Gasteiger partial charge in [0.15, 0.2) is 21.4 Å². The number of rotatable bonds is 2. The van der Waals surface area contributed by atoms with E-state index in [0.717, 1.165) is 12.1 Å². The number of ketones is 1. The van der Waals surface area contributed by atoms with Gasteiger partial charge in [0, 0.05) is 22.8 Å². The van der Waals surface area contributed by atoms with Gasteiger partial charge in [0.1, 0.15) is 16.3 Å². The van der Waals surface area contributed by atoms with Crippen molar-refractivity contribution in [2.45, 2.75) is 36.3 Å². The number of carbonyl (C=O) groups excluding carboxylic acids is 1. The van der Waals surface area contributed by atoms with E-state index >= 15 is 4.39 Å². The number of hydrogen-bond acceptors (Lipinski definition) is 4. The first kappa shape index (κ1) is 20.3. The van der Waals surface area contributed by atoms with Crippen LogP contribution in [0.3, 0.4) is 0 Å². The van der Waals surface area contributed by atoms with Crippen molar-refractivity contribution in [1.82, 2.24) is 0 Å². The van der Waals surface area contributed by atoms with Gasteiger partial charge in [-0.05, 0) is 42.8 Å². The Kier molecular flexibility index (Phi) is 4.55. The lowest BCUT2D eigenvalue weighted by atomic mass is 9.60. The molecule has 0 spiro atoms. The van der Waals surface area contributed by atoms with E-state index in [9.17, 15) is 17.6 Å². The lowest BCUT2D eigenvalue weighted by molar-refractivity contribution is -0.136.